The van der Waals surface area contributed by atoms with Gasteiger partial charge in [-0.05, 0) is 23.6 Å². The van der Waals surface area contributed by atoms with E-state index in [0.717, 1.165) is 5.56 Å². The van der Waals surface area contributed by atoms with E-state index in [1.807, 2.05) is 26.0 Å². The Kier molecular flexibility index (Phi) is 4.04. The average molecular weight is 262 g/mol. The Balaban J connectivity index is 1.96. The standard InChI is InChI=1S/C14H18N2O3/c1-9(2)5-13(17)15-7-10-3-4-12-11(6-10)16-14(18)8-19-12/h3-4,6,9H,5,7-8H2,1-2H3,(H,15,17)(H,16,18). The van der Waals surface area contributed by atoms with Gasteiger partial charge in [-0.15, -0.1) is 0 Å². The van der Waals surface area contributed by atoms with Gasteiger partial charge in [0, 0.05) is 13.0 Å². The SMILES string of the molecule is CC(C)CC(=O)NCc1ccc2c(c1)NC(=O)CO2. The number of ether oxygens (including phenoxy) is 1. The van der Waals surface area contributed by atoms with Crippen LogP contribution >= 0.6 is 0 Å². The lowest BCUT2D eigenvalue weighted by Gasteiger charge is -2.18. The molecule has 0 aliphatic carbocycles. The maximum Gasteiger partial charge on any atom is 0.262 e. The molecule has 0 aromatic heterocycles. The number of nitrogens with one attached hydrogen (secondary N) is 2. The van der Waals surface area contributed by atoms with Crippen molar-refractivity contribution in [2.24, 2.45) is 5.92 Å². The maximum absolute atomic E-state index is 11.6. The fourth-order valence-electron chi connectivity index (χ4n) is 1.88. The third-order valence-electron chi connectivity index (χ3n) is 2.76. The highest BCUT2D eigenvalue weighted by atomic mass is 16.5. The molecule has 0 bridgehead atoms. The van der Waals surface area contributed by atoms with Crippen molar-refractivity contribution in [2.45, 2.75) is 26.8 Å². The molecule has 5 nitrogen and oxygen atoms in total. The Hall–Kier alpha value is -2.04. The quantitative estimate of drug-likeness (QED) is 0.867. The molecule has 19 heavy (non-hydrogen) atoms. The number of benzene rings is 1. The highest BCUT2D eigenvalue weighted by Crippen LogP contribution is 2.28. The molecule has 0 unspecified atom stereocenters. The molecular weight excluding hydrogens is 244 g/mol. The molecule has 5 heteroatoms. The highest BCUT2D eigenvalue weighted by Gasteiger charge is 2.15. The van der Waals surface area contributed by atoms with Crippen molar-refractivity contribution in [3.63, 3.8) is 0 Å². The molecular formula is C14H18N2O3. The highest BCUT2D eigenvalue weighted by molar-refractivity contribution is 5.95. The Morgan fingerprint density at radius 3 is 3.00 bits per heavy atom. The molecule has 2 rings (SSSR count). The van der Waals surface area contributed by atoms with E-state index in [0.29, 0.717) is 30.3 Å². The third kappa shape index (κ3) is 3.71. The van der Waals surface area contributed by atoms with E-state index in [2.05, 4.69) is 10.6 Å². The molecule has 1 aromatic rings. The van der Waals surface area contributed by atoms with Gasteiger partial charge in [-0.1, -0.05) is 19.9 Å². The number of fused-ring (bicyclic) bond motifs is 1. The molecule has 2 amide bonds. The lowest BCUT2D eigenvalue weighted by Crippen LogP contribution is -2.26. The minimum Gasteiger partial charge on any atom is -0.482 e. The van der Waals surface area contributed by atoms with Crippen LogP contribution < -0.4 is 15.4 Å². The first-order chi connectivity index (χ1) is 9.04. The number of anilines is 1. The van der Waals surface area contributed by atoms with Crippen LogP contribution in [0.25, 0.3) is 0 Å². The van der Waals surface area contributed by atoms with Gasteiger partial charge in [0.2, 0.25) is 5.91 Å². The van der Waals surface area contributed by atoms with Gasteiger partial charge in [-0.25, -0.2) is 0 Å². The molecule has 2 N–H and O–H groups in total. The first-order valence-electron chi connectivity index (χ1n) is 6.37. The lowest BCUT2D eigenvalue weighted by atomic mass is 10.1. The number of rotatable bonds is 4. The summed E-state index contributed by atoms with van der Waals surface area (Å²) in [7, 11) is 0. The number of amides is 2. The zero-order valence-electron chi connectivity index (χ0n) is 11.2. The Morgan fingerprint density at radius 2 is 2.26 bits per heavy atom. The van der Waals surface area contributed by atoms with Crippen LogP contribution in [0.5, 0.6) is 5.75 Å². The second-order valence-corrected chi connectivity index (χ2v) is 5.04. The zero-order valence-corrected chi connectivity index (χ0v) is 11.2. The second-order valence-electron chi connectivity index (χ2n) is 5.04. The van der Waals surface area contributed by atoms with E-state index in [9.17, 15) is 9.59 Å². The van der Waals surface area contributed by atoms with Crippen molar-refractivity contribution in [3.8, 4) is 5.75 Å². The Labute approximate surface area is 112 Å². The van der Waals surface area contributed by atoms with Gasteiger partial charge >= 0.3 is 0 Å². The molecule has 0 fully saturated rings. The maximum atomic E-state index is 11.6. The fourth-order valence-corrected chi connectivity index (χ4v) is 1.88. The summed E-state index contributed by atoms with van der Waals surface area (Å²) in [5, 5.41) is 5.60. The Bertz CT molecular complexity index is 497. The molecule has 1 heterocycles. The molecule has 0 spiro atoms. The van der Waals surface area contributed by atoms with Crippen molar-refractivity contribution in [3.05, 3.63) is 23.8 Å². The van der Waals surface area contributed by atoms with Crippen LogP contribution in [-0.4, -0.2) is 18.4 Å². The van der Waals surface area contributed by atoms with Crippen LogP contribution in [0, 0.1) is 5.92 Å². The predicted molar refractivity (Wildman–Crippen MR) is 71.9 cm³/mol. The number of carbonyl (C=O) groups excluding carboxylic acids is 2. The minimum atomic E-state index is -0.159. The first-order valence-corrected chi connectivity index (χ1v) is 6.37. The minimum absolute atomic E-state index is 0.0352. The van der Waals surface area contributed by atoms with E-state index in [1.54, 1.807) is 6.07 Å². The van der Waals surface area contributed by atoms with Crippen LogP contribution in [0.3, 0.4) is 0 Å². The normalized spacial score (nSPS) is 13.5. The van der Waals surface area contributed by atoms with Crippen LogP contribution in [0.2, 0.25) is 0 Å². The number of carbonyl (C=O) groups is 2. The van der Waals surface area contributed by atoms with Crippen molar-refractivity contribution in [1.82, 2.24) is 5.32 Å². The summed E-state index contributed by atoms with van der Waals surface area (Å²) in [5.74, 6) is 0.884. The predicted octanol–water partition coefficient (Wildman–Crippen LogP) is 1.68. The lowest BCUT2D eigenvalue weighted by molar-refractivity contribution is -0.122. The van der Waals surface area contributed by atoms with Crippen LogP contribution in [0.4, 0.5) is 5.69 Å². The Morgan fingerprint density at radius 1 is 1.47 bits per heavy atom. The van der Waals surface area contributed by atoms with E-state index in [-0.39, 0.29) is 18.4 Å². The molecule has 0 atom stereocenters. The van der Waals surface area contributed by atoms with Crippen LogP contribution in [0.15, 0.2) is 18.2 Å². The smallest absolute Gasteiger partial charge is 0.262 e. The summed E-state index contributed by atoms with van der Waals surface area (Å²) in [5.41, 5.74) is 1.59. The average Bonchev–Trinajstić information content (AvgIpc) is 2.35. The largest absolute Gasteiger partial charge is 0.482 e. The van der Waals surface area contributed by atoms with Gasteiger partial charge in [0.15, 0.2) is 6.61 Å². The summed E-state index contributed by atoms with van der Waals surface area (Å²) in [6.07, 6.45) is 0.519. The summed E-state index contributed by atoms with van der Waals surface area (Å²) >= 11 is 0. The summed E-state index contributed by atoms with van der Waals surface area (Å²) in [6.45, 7) is 4.52. The molecule has 0 saturated carbocycles. The molecule has 0 radical (unpaired) electrons. The number of hydrogen-bond acceptors (Lipinski definition) is 3. The zero-order chi connectivity index (χ0) is 13.8. The van der Waals surface area contributed by atoms with Gasteiger partial charge in [-0.2, -0.15) is 0 Å². The van der Waals surface area contributed by atoms with E-state index < -0.39 is 0 Å². The van der Waals surface area contributed by atoms with Crippen molar-refractivity contribution in [1.29, 1.82) is 0 Å². The van der Waals surface area contributed by atoms with Crippen LogP contribution in [0.1, 0.15) is 25.8 Å². The summed E-state index contributed by atoms with van der Waals surface area (Å²) < 4.78 is 5.27. The topological polar surface area (TPSA) is 67.4 Å². The number of hydrogen-bond donors (Lipinski definition) is 2. The van der Waals surface area contributed by atoms with Crippen molar-refractivity contribution >= 4 is 17.5 Å². The van der Waals surface area contributed by atoms with Crippen LogP contribution in [-0.2, 0) is 16.1 Å². The molecule has 1 aliphatic rings. The third-order valence-corrected chi connectivity index (χ3v) is 2.76. The summed E-state index contributed by atoms with van der Waals surface area (Å²) in [6, 6.07) is 5.51. The van der Waals surface area contributed by atoms with Gasteiger partial charge in [0.25, 0.3) is 5.91 Å². The summed E-state index contributed by atoms with van der Waals surface area (Å²) in [4.78, 5) is 22.8. The first kappa shape index (κ1) is 13.4. The van der Waals surface area contributed by atoms with E-state index in [1.165, 1.54) is 0 Å². The molecule has 102 valence electrons. The molecule has 1 aromatic carbocycles. The molecule has 0 saturated heterocycles. The second kappa shape index (κ2) is 5.73. The van der Waals surface area contributed by atoms with Gasteiger partial charge in [0.1, 0.15) is 5.75 Å². The molecule has 1 aliphatic heterocycles. The van der Waals surface area contributed by atoms with Gasteiger partial charge < -0.3 is 15.4 Å². The van der Waals surface area contributed by atoms with Crippen molar-refractivity contribution < 1.29 is 14.3 Å². The van der Waals surface area contributed by atoms with Gasteiger partial charge in [0.05, 0.1) is 5.69 Å². The monoisotopic (exact) mass is 262 g/mol. The van der Waals surface area contributed by atoms with E-state index in [4.69, 9.17) is 4.74 Å². The van der Waals surface area contributed by atoms with Crippen molar-refractivity contribution in [2.75, 3.05) is 11.9 Å². The van der Waals surface area contributed by atoms with E-state index >= 15 is 0 Å². The fraction of sp³-hybridized carbons (Fsp3) is 0.429. The van der Waals surface area contributed by atoms with Gasteiger partial charge in [-0.3, -0.25) is 9.59 Å².